The fourth-order valence-electron chi connectivity index (χ4n) is 1.96. The minimum Gasteiger partial charge on any atom is -0.380 e. The number of halogens is 1. The molecule has 0 saturated heterocycles. The molecule has 19 heavy (non-hydrogen) atoms. The van der Waals surface area contributed by atoms with Crippen LogP contribution in [0, 0.1) is 25.2 Å². The van der Waals surface area contributed by atoms with Gasteiger partial charge in [0.2, 0.25) is 0 Å². The molecule has 0 aliphatic heterocycles. The molecule has 1 N–H and O–H groups in total. The molecule has 2 nitrogen and oxygen atoms in total. The van der Waals surface area contributed by atoms with Crippen molar-refractivity contribution in [2.45, 2.75) is 20.4 Å². The molecular weight excluding hydrogens is 256 g/mol. The van der Waals surface area contributed by atoms with Crippen molar-refractivity contribution in [2.75, 3.05) is 5.32 Å². The van der Waals surface area contributed by atoms with Crippen LogP contribution in [0.25, 0.3) is 0 Å². The van der Waals surface area contributed by atoms with Crippen molar-refractivity contribution in [1.82, 2.24) is 0 Å². The first-order chi connectivity index (χ1) is 9.10. The van der Waals surface area contributed by atoms with E-state index in [4.69, 9.17) is 16.9 Å². The number of aryl methyl sites for hydroxylation is 2. The molecule has 2 aromatic carbocycles. The monoisotopic (exact) mass is 270 g/mol. The highest BCUT2D eigenvalue weighted by Crippen LogP contribution is 2.23. The van der Waals surface area contributed by atoms with Crippen molar-refractivity contribution < 1.29 is 0 Å². The molecule has 0 aliphatic carbocycles. The summed E-state index contributed by atoms with van der Waals surface area (Å²) in [6, 6.07) is 13.7. The number of anilines is 1. The number of hydrogen-bond donors (Lipinski definition) is 1. The van der Waals surface area contributed by atoms with E-state index in [9.17, 15) is 0 Å². The second kappa shape index (κ2) is 5.77. The lowest BCUT2D eigenvalue weighted by Gasteiger charge is -2.11. The topological polar surface area (TPSA) is 35.8 Å². The van der Waals surface area contributed by atoms with E-state index in [1.165, 1.54) is 16.7 Å². The van der Waals surface area contributed by atoms with Crippen LogP contribution >= 0.6 is 11.6 Å². The maximum absolute atomic E-state index is 8.79. The van der Waals surface area contributed by atoms with Crippen LogP contribution in [0.3, 0.4) is 0 Å². The first kappa shape index (κ1) is 13.5. The minimum atomic E-state index is 0.571. The molecule has 0 saturated carbocycles. The molecular formula is C16H15ClN2. The van der Waals surface area contributed by atoms with Gasteiger partial charge in [0.05, 0.1) is 22.3 Å². The molecule has 0 radical (unpaired) electrons. The zero-order chi connectivity index (χ0) is 13.8. The van der Waals surface area contributed by atoms with E-state index in [-0.39, 0.29) is 0 Å². The number of nitrogens with zero attached hydrogens (tertiary/aromatic N) is 1. The van der Waals surface area contributed by atoms with E-state index in [1.54, 1.807) is 12.1 Å². The van der Waals surface area contributed by atoms with Gasteiger partial charge in [0.1, 0.15) is 0 Å². The first-order valence-corrected chi connectivity index (χ1v) is 6.47. The predicted molar refractivity (Wildman–Crippen MR) is 79.4 cm³/mol. The Bertz CT molecular complexity index is 642. The second-order valence-electron chi connectivity index (χ2n) is 4.59. The molecule has 0 bridgehead atoms. The summed E-state index contributed by atoms with van der Waals surface area (Å²) in [7, 11) is 0. The quantitative estimate of drug-likeness (QED) is 0.895. The third-order valence-corrected chi connectivity index (χ3v) is 3.38. The molecule has 0 aliphatic rings. The van der Waals surface area contributed by atoms with E-state index in [1.807, 2.05) is 6.07 Å². The molecule has 0 amide bonds. The van der Waals surface area contributed by atoms with Crippen molar-refractivity contribution in [1.29, 1.82) is 5.26 Å². The van der Waals surface area contributed by atoms with Crippen molar-refractivity contribution >= 4 is 17.3 Å². The smallest absolute Gasteiger partial charge is 0.0992 e. The van der Waals surface area contributed by atoms with Crippen molar-refractivity contribution in [3.05, 3.63) is 63.7 Å². The van der Waals surface area contributed by atoms with Crippen LogP contribution in [0.1, 0.15) is 22.3 Å². The summed E-state index contributed by atoms with van der Waals surface area (Å²) in [5, 5.41) is 12.7. The number of rotatable bonds is 3. The average Bonchev–Trinajstić information content (AvgIpc) is 2.39. The summed E-state index contributed by atoms with van der Waals surface area (Å²) in [4.78, 5) is 0. The molecule has 0 unspecified atom stereocenters. The summed E-state index contributed by atoms with van der Waals surface area (Å²) in [6.07, 6.45) is 0. The van der Waals surface area contributed by atoms with Gasteiger partial charge in [0.15, 0.2) is 0 Å². The molecule has 0 heterocycles. The maximum atomic E-state index is 8.79. The third-order valence-electron chi connectivity index (χ3n) is 3.07. The molecule has 96 valence electrons. The van der Waals surface area contributed by atoms with Crippen LogP contribution in [-0.2, 0) is 6.54 Å². The molecule has 0 aromatic heterocycles. The van der Waals surface area contributed by atoms with E-state index < -0.39 is 0 Å². The lowest BCUT2D eigenvalue weighted by Crippen LogP contribution is -2.02. The van der Waals surface area contributed by atoms with Gasteiger partial charge in [0, 0.05) is 6.54 Å². The van der Waals surface area contributed by atoms with E-state index >= 15 is 0 Å². The SMILES string of the molecule is Cc1ccc(CNc2ccc(C#N)cc2Cl)c(C)c1. The fourth-order valence-corrected chi connectivity index (χ4v) is 2.21. The van der Waals surface area contributed by atoms with Crippen molar-refractivity contribution in [3.63, 3.8) is 0 Å². The first-order valence-electron chi connectivity index (χ1n) is 6.10. The van der Waals surface area contributed by atoms with Gasteiger partial charge in [-0.05, 0) is 43.2 Å². The molecule has 2 rings (SSSR count). The summed E-state index contributed by atoms with van der Waals surface area (Å²) < 4.78 is 0. The maximum Gasteiger partial charge on any atom is 0.0992 e. The standard InChI is InChI=1S/C16H15ClN2/c1-11-3-5-14(12(2)7-11)10-19-16-6-4-13(9-18)8-15(16)17/h3-8,19H,10H2,1-2H3. The predicted octanol–water partition coefficient (Wildman–Crippen LogP) is 4.44. The van der Waals surface area contributed by atoms with Gasteiger partial charge in [0.25, 0.3) is 0 Å². The fraction of sp³-hybridized carbons (Fsp3) is 0.188. The van der Waals surface area contributed by atoms with E-state index in [0.29, 0.717) is 10.6 Å². The van der Waals surface area contributed by atoms with E-state index in [2.05, 4.69) is 43.4 Å². The van der Waals surface area contributed by atoms with Gasteiger partial charge in [-0.1, -0.05) is 35.4 Å². The lowest BCUT2D eigenvalue weighted by molar-refractivity contribution is 1.11. The Balaban J connectivity index is 2.13. The van der Waals surface area contributed by atoms with Crippen LogP contribution in [0.4, 0.5) is 5.69 Å². The van der Waals surface area contributed by atoms with Crippen LogP contribution in [-0.4, -0.2) is 0 Å². The normalized spacial score (nSPS) is 10.0. The lowest BCUT2D eigenvalue weighted by atomic mass is 10.1. The Kier molecular flexibility index (Phi) is 4.09. The van der Waals surface area contributed by atoms with Gasteiger partial charge in [-0.25, -0.2) is 0 Å². The highest BCUT2D eigenvalue weighted by atomic mass is 35.5. The Morgan fingerprint density at radius 3 is 2.58 bits per heavy atom. The van der Waals surface area contributed by atoms with Gasteiger partial charge >= 0.3 is 0 Å². The van der Waals surface area contributed by atoms with Crippen LogP contribution in [0.2, 0.25) is 5.02 Å². The summed E-state index contributed by atoms with van der Waals surface area (Å²) in [5.74, 6) is 0. The van der Waals surface area contributed by atoms with Gasteiger partial charge in [-0.2, -0.15) is 5.26 Å². The number of benzene rings is 2. The molecule has 2 aromatic rings. The van der Waals surface area contributed by atoms with Gasteiger partial charge in [-0.3, -0.25) is 0 Å². The summed E-state index contributed by atoms with van der Waals surface area (Å²) >= 11 is 6.13. The van der Waals surface area contributed by atoms with Crippen molar-refractivity contribution in [3.8, 4) is 6.07 Å². The summed E-state index contributed by atoms with van der Waals surface area (Å²) in [6.45, 7) is 4.91. The Morgan fingerprint density at radius 1 is 1.16 bits per heavy atom. The zero-order valence-electron chi connectivity index (χ0n) is 11.0. The van der Waals surface area contributed by atoms with E-state index in [0.717, 1.165) is 12.2 Å². The van der Waals surface area contributed by atoms with Crippen molar-refractivity contribution in [2.24, 2.45) is 0 Å². The highest BCUT2D eigenvalue weighted by Gasteiger charge is 2.03. The Morgan fingerprint density at radius 2 is 1.95 bits per heavy atom. The molecule has 0 fully saturated rings. The zero-order valence-corrected chi connectivity index (χ0v) is 11.8. The van der Waals surface area contributed by atoms with Crippen LogP contribution in [0.15, 0.2) is 36.4 Å². The number of nitrogens with one attached hydrogen (secondary N) is 1. The van der Waals surface area contributed by atoms with Gasteiger partial charge in [-0.15, -0.1) is 0 Å². The molecule has 0 spiro atoms. The average molecular weight is 271 g/mol. The highest BCUT2D eigenvalue weighted by molar-refractivity contribution is 6.33. The largest absolute Gasteiger partial charge is 0.380 e. The number of nitriles is 1. The number of hydrogen-bond acceptors (Lipinski definition) is 2. The Labute approximate surface area is 118 Å². The minimum absolute atomic E-state index is 0.571. The van der Waals surface area contributed by atoms with Crippen LogP contribution < -0.4 is 5.32 Å². The third kappa shape index (κ3) is 3.27. The van der Waals surface area contributed by atoms with Gasteiger partial charge < -0.3 is 5.32 Å². The Hall–Kier alpha value is -1.98. The molecule has 0 atom stereocenters. The second-order valence-corrected chi connectivity index (χ2v) is 5.00. The summed E-state index contributed by atoms with van der Waals surface area (Å²) in [5.41, 5.74) is 5.18. The molecule has 3 heteroatoms. The van der Waals surface area contributed by atoms with Crippen LogP contribution in [0.5, 0.6) is 0 Å².